The van der Waals surface area contributed by atoms with Gasteiger partial charge in [0, 0.05) is 55.3 Å². The summed E-state index contributed by atoms with van der Waals surface area (Å²) in [6, 6.07) is 15.8. The second-order valence-electron chi connectivity index (χ2n) is 8.89. The van der Waals surface area contributed by atoms with E-state index in [1.807, 2.05) is 37.5 Å². The Balaban J connectivity index is 1.22. The quantitative estimate of drug-likeness (QED) is 0.401. The Morgan fingerprint density at radius 2 is 1.69 bits per heavy atom. The van der Waals surface area contributed by atoms with Crippen LogP contribution in [0.3, 0.4) is 0 Å². The molecule has 0 saturated carbocycles. The molecule has 0 spiro atoms. The lowest BCUT2D eigenvalue weighted by Crippen LogP contribution is -2.38. The summed E-state index contributed by atoms with van der Waals surface area (Å²) in [5, 5.41) is 16.6. The molecule has 0 aliphatic carbocycles. The number of rotatable bonds is 5. The van der Waals surface area contributed by atoms with Crippen LogP contribution in [0.25, 0.3) is 22.3 Å². The van der Waals surface area contributed by atoms with Gasteiger partial charge in [-0.1, -0.05) is 24.3 Å². The number of carbonyl (C=O) groups is 2. The summed E-state index contributed by atoms with van der Waals surface area (Å²) < 4.78 is 1.68. The van der Waals surface area contributed by atoms with Crippen molar-refractivity contribution in [1.82, 2.24) is 25.0 Å². The summed E-state index contributed by atoms with van der Waals surface area (Å²) in [5.41, 5.74) is 10.4. The van der Waals surface area contributed by atoms with E-state index in [-0.39, 0.29) is 29.4 Å². The molecule has 4 N–H and O–H groups in total. The molecule has 2 amide bonds. The number of nitrogens with one attached hydrogen (secondary N) is 1. The van der Waals surface area contributed by atoms with Crippen LogP contribution in [-0.2, 0) is 7.05 Å². The number of nitrogens with two attached hydrogens (primary N) is 1. The summed E-state index contributed by atoms with van der Waals surface area (Å²) in [4.78, 5) is 31.9. The Bertz CT molecular complexity index is 1410. The van der Waals surface area contributed by atoms with Gasteiger partial charge >= 0.3 is 0 Å². The first-order valence-corrected chi connectivity index (χ1v) is 11.6. The number of anilines is 1. The second-order valence-corrected chi connectivity index (χ2v) is 8.89. The lowest BCUT2D eigenvalue weighted by molar-refractivity contribution is 0.0783. The fraction of sp³-hybridized carbons (Fsp3) is 0.185. The van der Waals surface area contributed by atoms with Crippen molar-refractivity contribution in [2.45, 2.75) is 12.5 Å². The number of aryl methyl sites for hydroxylation is 1. The zero-order valence-corrected chi connectivity index (χ0v) is 19.8. The van der Waals surface area contributed by atoms with Crippen molar-refractivity contribution in [2.75, 3.05) is 18.8 Å². The topological polar surface area (TPSA) is 126 Å². The molecule has 0 unspecified atom stereocenters. The maximum absolute atomic E-state index is 13.0. The number of carbonyl (C=O) groups excluding carboxylic acids is 2. The maximum Gasteiger partial charge on any atom is 0.255 e. The highest BCUT2D eigenvalue weighted by molar-refractivity contribution is 6.00. The van der Waals surface area contributed by atoms with Crippen molar-refractivity contribution in [3.05, 3.63) is 84.3 Å². The number of nitrogen functional groups attached to an aromatic ring is 1. The SMILES string of the molecule is Cn1cc(-c2cnc(N)c(C(=O)N[C@@H]3CCN(C(=O)c4ccc(-c5ccc(O)cc5)cc4)C3)c2)cn1. The summed E-state index contributed by atoms with van der Waals surface area (Å²) >= 11 is 0. The average Bonchev–Trinajstić information content (AvgIpc) is 3.53. The highest BCUT2D eigenvalue weighted by Crippen LogP contribution is 2.24. The predicted molar refractivity (Wildman–Crippen MR) is 136 cm³/mol. The Kier molecular flexibility index (Phi) is 6.12. The molecule has 2 aromatic carbocycles. The van der Waals surface area contributed by atoms with Gasteiger partial charge in [-0.25, -0.2) is 4.98 Å². The van der Waals surface area contributed by atoms with E-state index in [0.717, 1.165) is 22.3 Å². The molecule has 1 aliphatic heterocycles. The van der Waals surface area contributed by atoms with Gasteiger partial charge in [0.1, 0.15) is 11.6 Å². The van der Waals surface area contributed by atoms with Gasteiger partial charge < -0.3 is 21.1 Å². The number of pyridine rings is 1. The first-order chi connectivity index (χ1) is 17.4. The standard InChI is InChI=1S/C27H26N6O3/c1-32-15-21(14-30-32)20-12-24(25(28)29-13-20)26(35)31-22-10-11-33(16-22)27(36)19-4-2-17(3-5-19)18-6-8-23(34)9-7-18/h2-9,12-15,22,34H,10-11,16H2,1H3,(H2,28,29)(H,31,35)/t22-/m1/s1. The van der Waals surface area contributed by atoms with Crippen LogP contribution < -0.4 is 11.1 Å². The van der Waals surface area contributed by atoms with Gasteiger partial charge in [-0.2, -0.15) is 5.10 Å². The highest BCUT2D eigenvalue weighted by Gasteiger charge is 2.29. The maximum atomic E-state index is 13.0. The molecule has 3 heterocycles. The van der Waals surface area contributed by atoms with Crippen molar-refractivity contribution in [3.63, 3.8) is 0 Å². The monoisotopic (exact) mass is 482 g/mol. The third kappa shape index (κ3) is 4.76. The second kappa shape index (κ2) is 9.53. The highest BCUT2D eigenvalue weighted by atomic mass is 16.3. The van der Waals surface area contributed by atoms with E-state index in [1.54, 1.807) is 52.3 Å². The molecule has 36 heavy (non-hydrogen) atoms. The fourth-order valence-corrected chi connectivity index (χ4v) is 4.35. The number of phenolic OH excluding ortho intramolecular Hbond substituents is 1. The summed E-state index contributed by atoms with van der Waals surface area (Å²) in [7, 11) is 1.82. The number of benzene rings is 2. The Labute approximate surface area is 208 Å². The van der Waals surface area contributed by atoms with Crippen molar-refractivity contribution < 1.29 is 14.7 Å². The van der Waals surface area contributed by atoms with E-state index in [2.05, 4.69) is 15.4 Å². The van der Waals surface area contributed by atoms with Crippen molar-refractivity contribution >= 4 is 17.6 Å². The van der Waals surface area contributed by atoms with Crippen LogP contribution in [0.5, 0.6) is 5.75 Å². The molecule has 9 heteroatoms. The zero-order chi connectivity index (χ0) is 25.2. The molecule has 2 aromatic heterocycles. The number of hydrogen-bond donors (Lipinski definition) is 3. The number of aromatic nitrogens is 3. The molecule has 1 fully saturated rings. The van der Waals surface area contributed by atoms with Gasteiger partial charge in [-0.15, -0.1) is 0 Å². The lowest BCUT2D eigenvalue weighted by atomic mass is 10.0. The van der Waals surface area contributed by atoms with Crippen molar-refractivity contribution in [2.24, 2.45) is 7.05 Å². The van der Waals surface area contributed by atoms with E-state index >= 15 is 0 Å². The Hall–Kier alpha value is -4.66. The normalized spacial score (nSPS) is 15.1. The molecular formula is C27H26N6O3. The van der Waals surface area contributed by atoms with Crippen molar-refractivity contribution in [3.8, 4) is 28.0 Å². The van der Waals surface area contributed by atoms with E-state index in [1.165, 1.54) is 0 Å². The van der Waals surface area contributed by atoms with E-state index in [9.17, 15) is 14.7 Å². The van der Waals surface area contributed by atoms with Crippen LogP contribution in [0.2, 0.25) is 0 Å². The molecule has 1 saturated heterocycles. The molecule has 182 valence electrons. The molecule has 5 rings (SSSR count). The lowest BCUT2D eigenvalue weighted by Gasteiger charge is -2.18. The number of amides is 2. The smallest absolute Gasteiger partial charge is 0.255 e. The minimum Gasteiger partial charge on any atom is -0.508 e. The molecule has 0 bridgehead atoms. The van der Waals surface area contributed by atoms with Crippen molar-refractivity contribution in [1.29, 1.82) is 0 Å². The van der Waals surface area contributed by atoms with Crippen LogP contribution in [0.4, 0.5) is 5.82 Å². The van der Waals surface area contributed by atoms with E-state index < -0.39 is 0 Å². The third-order valence-corrected chi connectivity index (χ3v) is 6.34. The van der Waals surface area contributed by atoms with E-state index in [0.29, 0.717) is 30.6 Å². The van der Waals surface area contributed by atoms with Gasteiger partial charge in [-0.3, -0.25) is 14.3 Å². The van der Waals surface area contributed by atoms with Crippen LogP contribution >= 0.6 is 0 Å². The van der Waals surface area contributed by atoms with Gasteiger partial charge in [0.05, 0.1) is 11.8 Å². The van der Waals surface area contributed by atoms with E-state index in [4.69, 9.17) is 5.73 Å². The first kappa shape index (κ1) is 23.1. The number of likely N-dealkylation sites (tertiary alicyclic amines) is 1. The predicted octanol–water partition coefficient (Wildman–Crippen LogP) is 3.08. The third-order valence-electron chi connectivity index (χ3n) is 6.34. The minimum absolute atomic E-state index is 0.0799. The summed E-state index contributed by atoms with van der Waals surface area (Å²) in [6.07, 6.45) is 5.81. The molecular weight excluding hydrogens is 456 g/mol. The van der Waals surface area contributed by atoms with Crippen LogP contribution in [-0.4, -0.2) is 55.7 Å². The fourth-order valence-electron chi connectivity index (χ4n) is 4.35. The van der Waals surface area contributed by atoms with Gasteiger partial charge in [0.2, 0.25) is 0 Å². The average molecular weight is 483 g/mol. The summed E-state index contributed by atoms with van der Waals surface area (Å²) in [6.45, 7) is 0.965. The Morgan fingerprint density at radius 3 is 2.36 bits per heavy atom. The minimum atomic E-state index is -0.316. The first-order valence-electron chi connectivity index (χ1n) is 11.6. The summed E-state index contributed by atoms with van der Waals surface area (Å²) in [5.74, 6) is -0.0341. The molecule has 1 aliphatic rings. The van der Waals surface area contributed by atoms with Gasteiger partial charge in [0.15, 0.2) is 0 Å². The number of nitrogens with zero attached hydrogens (tertiary/aromatic N) is 4. The number of hydrogen-bond acceptors (Lipinski definition) is 6. The number of phenols is 1. The largest absolute Gasteiger partial charge is 0.508 e. The molecule has 9 nitrogen and oxygen atoms in total. The van der Waals surface area contributed by atoms with Gasteiger partial charge in [-0.05, 0) is 47.9 Å². The number of aromatic hydroxyl groups is 1. The molecule has 0 radical (unpaired) electrons. The van der Waals surface area contributed by atoms with Crippen LogP contribution in [0.15, 0.2) is 73.2 Å². The Morgan fingerprint density at radius 1 is 1.00 bits per heavy atom. The van der Waals surface area contributed by atoms with Crippen LogP contribution in [0, 0.1) is 0 Å². The molecule has 1 atom stereocenters. The zero-order valence-electron chi connectivity index (χ0n) is 19.8. The molecule has 4 aromatic rings. The van der Waals surface area contributed by atoms with Crippen LogP contribution in [0.1, 0.15) is 27.1 Å². The van der Waals surface area contributed by atoms with Gasteiger partial charge in [0.25, 0.3) is 11.8 Å².